The molecule has 0 bridgehead atoms. The van der Waals surface area contributed by atoms with Gasteiger partial charge < -0.3 is 9.15 Å². The molecule has 0 spiro atoms. The maximum atomic E-state index is 11.8. The van der Waals surface area contributed by atoms with Gasteiger partial charge in [0.05, 0.1) is 0 Å². The summed E-state index contributed by atoms with van der Waals surface area (Å²) in [6.07, 6.45) is 0. The highest BCUT2D eigenvalue weighted by Crippen LogP contribution is 2.29. The van der Waals surface area contributed by atoms with Gasteiger partial charge in [-0.25, -0.2) is 4.79 Å². The molecule has 2 aromatic rings. The van der Waals surface area contributed by atoms with Crippen LogP contribution in [0, 0.1) is 6.92 Å². The molecule has 1 heterocycles. The van der Waals surface area contributed by atoms with Crippen LogP contribution in [0.25, 0.3) is 11.0 Å². The van der Waals surface area contributed by atoms with E-state index in [1.165, 1.54) is 19.1 Å². The van der Waals surface area contributed by atoms with E-state index >= 15 is 0 Å². The standard InChI is InChI=1S/C14H11ClO5/c1-7-5-11(17)20-14-9(7)3-4-10(13(14)8(2)16)19-12(18)6-15/h3-5H,6H2,1-2H3. The second-order valence-corrected chi connectivity index (χ2v) is 4.49. The number of benzene rings is 1. The number of ether oxygens (including phenoxy) is 1. The fourth-order valence-electron chi connectivity index (χ4n) is 1.93. The SMILES string of the molecule is CC(=O)c1c(OC(=O)CCl)ccc2c(C)cc(=O)oc12. The van der Waals surface area contributed by atoms with Gasteiger partial charge in [-0.15, -0.1) is 11.6 Å². The summed E-state index contributed by atoms with van der Waals surface area (Å²) in [5.41, 5.74) is 0.274. The largest absolute Gasteiger partial charge is 0.425 e. The van der Waals surface area contributed by atoms with Crippen LogP contribution in [0.3, 0.4) is 0 Å². The smallest absolute Gasteiger partial charge is 0.336 e. The molecule has 2 rings (SSSR count). The van der Waals surface area contributed by atoms with E-state index in [9.17, 15) is 14.4 Å². The number of esters is 1. The van der Waals surface area contributed by atoms with Crippen LogP contribution in [0.4, 0.5) is 0 Å². The van der Waals surface area contributed by atoms with Crippen molar-refractivity contribution < 1.29 is 18.7 Å². The third-order valence-corrected chi connectivity index (χ3v) is 2.98. The number of carbonyl (C=O) groups is 2. The zero-order chi connectivity index (χ0) is 14.9. The summed E-state index contributed by atoms with van der Waals surface area (Å²) < 4.78 is 10.1. The minimum atomic E-state index is -0.691. The highest BCUT2D eigenvalue weighted by molar-refractivity contribution is 6.26. The number of Topliss-reactive ketones (excluding diaryl/α,β-unsaturated/α-hetero) is 1. The Morgan fingerprint density at radius 1 is 1.35 bits per heavy atom. The van der Waals surface area contributed by atoms with Crippen LogP contribution >= 0.6 is 11.6 Å². The Hall–Kier alpha value is -2.14. The summed E-state index contributed by atoms with van der Waals surface area (Å²) in [7, 11) is 0. The maximum absolute atomic E-state index is 11.8. The Balaban J connectivity index is 2.78. The topological polar surface area (TPSA) is 73.6 Å². The van der Waals surface area contributed by atoms with Gasteiger partial charge in [-0.1, -0.05) is 0 Å². The fourth-order valence-corrected chi connectivity index (χ4v) is 1.99. The Bertz CT molecular complexity index is 760. The van der Waals surface area contributed by atoms with Crippen molar-refractivity contribution in [2.45, 2.75) is 13.8 Å². The number of alkyl halides is 1. The van der Waals surface area contributed by atoms with Crippen molar-refractivity contribution in [1.29, 1.82) is 0 Å². The number of hydrogen-bond donors (Lipinski definition) is 0. The number of halogens is 1. The third-order valence-electron chi connectivity index (χ3n) is 2.77. The lowest BCUT2D eigenvalue weighted by Crippen LogP contribution is -2.12. The quantitative estimate of drug-likeness (QED) is 0.286. The first kappa shape index (κ1) is 14.3. The molecule has 0 fully saturated rings. The number of ketones is 1. The second-order valence-electron chi connectivity index (χ2n) is 4.23. The van der Waals surface area contributed by atoms with Crippen LogP contribution in [-0.2, 0) is 4.79 Å². The van der Waals surface area contributed by atoms with E-state index in [-0.39, 0.29) is 28.6 Å². The molecule has 0 radical (unpaired) electrons. The summed E-state index contributed by atoms with van der Waals surface area (Å²) in [4.78, 5) is 34.5. The lowest BCUT2D eigenvalue weighted by atomic mass is 10.0. The molecule has 1 aromatic heterocycles. The van der Waals surface area contributed by atoms with Gasteiger partial charge in [0.25, 0.3) is 0 Å². The molecule has 20 heavy (non-hydrogen) atoms. The molecule has 0 aliphatic carbocycles. The predicted octanol–water partition coefficient (Wildman–Crippen LogP) is 2.45. The van der Waals surface area contributed by atoms with Crippen molar-refractivity contribution in [3.8, 4) is 5.75 Å². The van der Waals surface area contributed by atoms with Gasteiger partial charge in [-0.2, -0.15) is 0 Å². The van der Waals surface area contributed by atoms with Crippen molar-refractivity contribution in [3.63, 3.8) is 0 Å². The molecule has 0 unspecified atom stereocenters. The van der Waals surface area contributed by atoms with Crippen LogP contribution in [-0.4, -0.2) is 17.6 Å². The molecule has 0 aliphatic rings. The van der Waals surface area contributed by atoms with Crippen LogP contribution in [0.2, 0.25) is 0 Å². The van der Waals surface area contributed by atoms with Gasteiger partial charge in [-0.05, 0) is 31.5 Å². The molecule has 0 N–H and O–H groups in total. The average Bonchev–Trinajstić information content (AvgIpc) is 2.37. The predicted molar refractivity (Wildman–Crippen MR) is 73.6 cm³/mol. The van der Waals surface area contributed by atoms with Crippen molar-refractivity contribution in [2.75, 3.05) is 5.88 Å². The summed E-state index contributed by atoms with van der Waals surface area (Å²) in [6.45, 7) is 3.03. The highest BCUT2D eigenvalue weighted by Gasteiger charge is 2.19. The summed E-state index contributed by atoms with van der Waals surface area (Å²) in [6, 6.07) is 4.43. The molecule has 0 saturated carbocycles. The molecule has 0 amide bonds. The van der Waals surface area contributed by atoms with Crippen LogP contribution in [0.5, 0.6) is 5.75 Å². The Kier molecular flexibility index (Phi) is 3.90. The monoisotopic (exact) mass is 294 g/mol. The third kappa shape index (κ3) is 2.58. The summed E-state index contributed by atoms with van der Waals surface area (Å²) in [5.74, 6) is -1.37. The second kappa shape index (κ2) is 5.46. The molecule has 5 nitrogen and oxygen atoms in total. The van der Waals surface area contributed by atoms with E-state index in [4.69, 9.17) is 20.8 Å². The maximum Gasteiger partial charge on any atom is 0.336 e. The molecule has 0 aliphatic heterocycles. The van der Waals surface area contributed by atoms with Gasteiger partial charge in [0.15, 0.2) is 11.4 Å². The van der Waals surface area contributed by atoms with E-state index in [1.54, 1.807) is 13.0 Å². The van der Waals surface area contributed by atoms with E-state index in [0.29, 0.717) is 10.9 Å². The summed E-state index contributed by atoms with van der Waals surface area (Å²) in [5, 5.41) is 0.612. The molecule has 0 atom stereocenters. The van der Waals surface area contributed by atoms with Crippen molar-refractivity contribution in [2.24, 2.45) is 0 Å². The first-order chi connectivity index (χ1) is 9.43. The lowest BCUT2D eigenvalue weighted by molar-refractivity contribution is -0.131. The van der Waals surface area contributed by atoms with Gasteiger partial charge in [-0.3, -0.25) is 9.59 Å². The zero-order valence-electron chi connectivity index (χ0n) is 10.9. The van der Waals surface area contributed by atoms with Crippen LogP contribution in [0.15, 0.2) is 27.4 Å². The van der Waals surface area contributed by atoms with E-state index in [2.05, 4.69) is 0 Å². The minimum absolute atomic E-state index is 0.0319. The lowest BCUT2D eigenvalue weighted by Gasteiger charge is -2.10. The van der Waals surface area contributed by atoms with Gasteiger partial charge in [0.1, 0.15) is 17.2 Å². The van der Waals surface area contributed by atoms with Gasteiger partial charge in [0, 0.05) is 11.5 Å². The van der Waals surface area contributed by atoms with Gasteiger partial charge in [0.2, 0.25) is 0 Å². The number of hydrogen-bond acceptors (Lipinski definition) is 5. The van der Waals surface area contributed by atoms with E-state index < -0.39 is 11.6 Å². The summed E-state index contributed by atoms with van der Waals surface area (Å²) >= 11 is 5.37. The van der Waals surface area contributed by atoms with Crippen LogP contribution < -0.4 is 10.4 Å². The molecular formula is C14H11ClO5. The Morgan fingerprint density at radius 3 is 2.65 bits per heavy atom. The van der Waals surface area contributed by atoms with Crippen molar-refractivity contribution in [1.82, 2.24) is 0 Å². The number of rotatable bonds is 3. The molecule has 6 heteroatoms. The Morgan fingerprint density at radius 2 is 2.05 bits per heavy atom. The fraction of sp³-hybridized carbons (Fsp3) is 0.214. The molecule has 1 aromatic carbocycles. The van der Waals surface area contributed by atoms with E-state index in [1.807, 2.05) is 0 Å². The Labute approximate surface area is 119 Å². The van der Waals surface area contributed by atoms with E-state index in [0.717, 1.165) is 0 Å². The number of fused-ring (bicyclic) bond motifs is 1. The molecule has 0 saturated heterocycles. The highest BCUT2D eigenvalue weighted by atomic mass is 35.5. The average molecular weight is 295 g/mol. The number of carbonyl (C=O) groups excluding carboxylic acids is 2. The zero-order valence-corrected chi connectivity index (χ0v) is 11.6. The first-order valence-corrected chi connectivity index (χ1v) is 6.32. The van der Waals surface area contributed by atoms with Crippen molar-refractivity contribution in [3.05, 3.63) is 39.7 Å². The molecular weight excluding hydrogens is 284 g/mol. The van der Waals surface area contributed by atoms with Gasteiger partial charge >= 0.3 is 11.6 Å². The first-order valence-electron chi connectivity index (χ1n) is 5.79. The van der Waals surface area contributed by atoms with Crippen molar-refractivity contribution >= 4 is 34.3 Å². The molecule has 104 valence electrons. The normalized spacial score (nSPS) is 10.6. The number of aryl methyl sites for hydroxylation is 1. The van der Waals surface area contributed by atoms with Crippen LogP contribution in [0.1, 0.15) is 22.8 Å². The minimum Gasteiger partial charge on any atom is -0.425 e.